The van der Waals surface area contributed by atoms with Gasteiger partial charge in [0, 0.05) is 23.8 Å². The molecule has 0 amide bonds. The second-order valence-electron chi connectivity index (χ2n) is 4.64. The summed E-state index contributed by atoms with van der Waals surface area (Å²) in [5.41, 5.74) is 7.82. The summed E-state index contributed by atoms with van der Waals surface area (Å²) in [5, 5.41) is 1.93. The predicted octanol–water partition coefficient (Wildman–Crippen LogP) is 3.98. The van der Waals surface area contributed by atoms with Crippen molar-refractivity contribution in [1.82, 2.24) is 4.31 Å². The summed E-state index contributed by atoms with van der Waals surface area (Å²) in [6.07, 6.45) is 0. The van der Waals surface area contributed by atoms with Crippen LogP contribution in [0, 0.1) is 6.92 Å². The number of hydrogen-bond donors (Lipinski definition) is 1. The second-order valence-corrected chi connectivity index (χ2v) is 9.86. The summed E-state index contributed by atoms with van der Waals surface area (Å²) in [5.74, 6) is 0. The highest BCUT2D eigenvalue weighted by Gasteiger charge is 2.24. The normalized spacial score (nSPS) is 12.0. The molecule has 1 heterocycles. The van der Waals surface area contributed by atoms with Crippen LogP contribution < -0.4 is 5.73 Å². The molecule has 1 aromatic carbocycles. The first kappa shape index (κ1) is 17.0. The van der Waals surface area contributed by atoms with Gasteiger partial charge in [-0.05, 0) is 57.6 Å². The minimum atomic E-state index is -3.59. The third kappa shape index (κ3) is 3.68. The zero-order chi connectivity index (χ0) is 15.8. The molecule has 0 aliphatic rings. The van der Waals surface area contributed by atoms with E-state index in [1.165, 1.54) is 15.6 Å². The Morgan fingerprint density at radius 3 is 2.52 bits per heavy atom. The van der Waals surface area contributed by atoms with Crippen molar-refractivity contribution in [3.63, 3.8) is 0 Å². The zero-order valence-electron chi connectivity index (χ0n) is 11.4. The quantitative estimate of drug-likeness (QED) is 0.712. The van der Waals surface area contributed by atoms with Crippen LogP contribution in [0.4, 0.5) is 5.69 Å². The molecule has 2 N–H and O–H groups in total. The van der Waals surface area contributed by atoms with E-state index in [1.54, 1.807) is 26.1 Å². The molecule has 2 aromatic rings. The van der Waals surface area contributed by atoms with Crippen molar-refractivity contribution in [3.05, 3.63) is 43.0 Å². The summed E-state index contributed by atoms with van der Waals surface area (Å²) < 4.78 is 28.4. The standard InChI is InChI=1S/C13H14Br2N2O2S2/c1-8-11(16)4-10(14)5-12(8)21(18,19)17(2)6-9-3-13(15)20-7-9/h3-5,7H,6,16H2,1-2H3. The van der Waals surface area contributed by atoms with Crippen LogP contribution in [0.5, 0.6) is 0 Å². The van der Waals surface area contributed by atoms with Crippen LogP contribution in [0.3, 0.4) is 0 Å². The molecule has 0 bridgehead atoms. The van der Waals surface area contributed by atoms with Crippen LogP contribution in [0.2, 0.25) is 0 Å². The van der Waals surface area contributed by atoms with Crippen LogP contribution in [0.25, 0.3) is 0 Å². The highest BCUT2D eigenvalue weighted by molar-refractivity contribution is 9.11. The second kappa shape index (κ2) is 6.37. The Hall–Kier alpha value is -0.410. The molecule has 0 aliphatic heterocycles. The highest BCUT2D eigenvalue weighted by atomic mass is 79.9. The molecule has 0 radical (unpaired) electrons. The van der Waals surface area contributed by atoms with Crippen molar-refractivity contribution >= 4 is 58.9 Å². The van der Waals surface area contributed by atoms with E-state index in [2.05, 4.69) is 31.9 Å². The summed E-state index contributed by atoms with van der Waals surface area (Å²) in [7, 11) is -2.02. The fourth-order valence-corrected chi connectivity index (χ4v) is 5.14. The molecule has 114 valence electrons. The molecular weight excluding hydrogens is 440 g/mol. The Bertz CT molecular complexity index is 772. The minimum Gasteiger partial charge on any atom is -0.398 e. The van der Waals surface area contributed by atoms with Crippen molar-refractivity contribution in [3.8, 4) is 0 Å². The Balaban J connectivity index is 2.37. The number of nitrogen functional groups attached to an aromatic ring is 1. The Morgan fingerprint density at radius 2 is 1.95 bits per heavy atom. The van der Waals surface area contributed by atoms with Crippen LogP contribution >= 0.6 is 43.2 Å². The minimum absolute atomic E-state index is 0.228. The maximum Gasteiger partial charge on any atom is 0.243 e. The first-order chi connectivity index (χ1) is 9.71. The van der Waals surface area contributed by atoms with E-state index in [0.717, 1.165) is 9.35 Å². The molecule has 8 heteroatoms. The molecule has 0 aliphatic carbocycles. The lowest BCUT2D eigenvalue weighted by atomic mass is 10.2. The van der Waals surface area contributed by atoms with Gasteiger partial charge in [-0.3, -0.25) is 0 Å². The summed E-state index contributed by atoms with van der Waals surface area (Å²) in [4.78, 5) is 0.228. The number of sulfonamides is 1. The van der Waals surface area contributed by atoms with Gasteiger partial charge in [0.1, 0.15) is 0 Å². The average Bonchev–Trinajstić information content (AvgIpc) is 2.79. The molecule has 0 saturated carbocycles. The van der Waals surface area contributed by atoms with E-state index in [1.807, 2.05) is 11.4 Å². The van der Waals surface area contributed by atoms with Crippen molar-refractivity contribution < 1.29 is 8.42 Å². The first-order valence-corrected chi connectivity index (χ1v) is 9.87. The zero-order valence-corrected chi connectivity index (χ0v) is 16.2. The van der Waals surface area contributed by atoms with Gasteiger partial charge in [0.15, 0.2) is 0 Å². The molecule has 0 spiro atoms. The Kier molecular flexibility index (Phi) is 5.15. The number of thiophene rings is 1. The van der Waals surface area contributed by atoms with Crippen molar-refractivity contribution in [2.24, 2.45) is 0 Å². The van der Waals surface area contributed by atoms with E-state index in [-0.39, 0.29) is 4.90 Å². The van der Waals surface area contributed by atoms with Crippen molar-refractivity contribution in [1.29, 1.82) is 0 Å². The fraction of sp³-hybridized carbons (Fsp3) is 0.231. The number of nitrogens with zero attached hydrogens (tertiary/aromatic N) is 1. The molecule has 2 rings (SSSR count). The van der Waals surface area contributed by atoms with Gasteiger partial charge < -0.3 is 5.73 Å². The van der Waals surface area contributed by atoms with Crippen LogP contribution in [-0.4, -0.2) is 19.8 Å². The number of benzene rings is 1. The van der Waals surface area contributed by atoms with Gasteiger partial charge in [-0.2, -0.15) is 4.31 Å². The van der Waals surface area contributed by atoms with Crippen LogP contribution in [0.1, 0.15) is 11.1 Å². The molecule has 0 saturated heterocycles. The van der Waals surface area contributed by atoms with E-state index in [0.29, 0.717) is 22.3 Å². The first-order valence-electron chi connectivity index (χ1n) is 5.96. The van der Waals surface area contributed by atoms with Gasteiger partial charge in [-0.15, -0.1) is 11.3 Å². The lowest BCUT2D eigenvalue weighted by Gasteiger charge is -2.19. The third-order valence-electron chi connectivity index (χ3n) is 3.08. The maximum absolute atomic E-state index is 12.7. The predicted molar refractivity (Wildman–Crippen MR) is 94.0 cm³/mol. The summed E-state index contributed by atoms with van der Waals surface area (Å²) in [6, 6.07) is 5.20. The lowest BCUT2D eigenvalue weighted by Crippen LogP contribution is -2.27. The Morgan fingerprint density at radius 1 is 1.29 bits per heavy atom. The van der Waals surface area contributed by atoms with Gasteiger partial charge in [-0.25, -0.2) is 8.42 Å². The van der Waals surface area contributed by atoms with Crippen LogP contribution in [-0.2, 0) is 16.6 Å². The largest absolute Gasteiger partial charge is 0.398 e. The highest BCUT2D eigenvalue weighted by Crippen LogP contribution is 2.29. The number of halogens is 2. The SMILES string of the molecule is Cc1c(N)cc(Br)cc1S(=O)(=O)N(C)Cc1csc(Br)c1. The molecule has 4 nitrogen and oxygen atoms in total. The number of hydrogen-bond acceptors (Lipinski definition) is 4. The monoisotopic (exact) mass is 452 g/mol. The number of rotatable bonds is 4. The molecule has 0 atom stereocenters. The summed E-state index contributed by atoms with van der Waals surface area (Å²) in [6.45, 7) is 2.03. The molecule has 21 heavy (non-hydrogen) atoms. The topological polar surface area (TPSA) is 63.4 Å². The third-order valence-corrected chi connectivity index (χ3v) is 7.02. The van der Waals surface area contributed by atoms with Gasteiger partial charge in [0.2, 0.25) is 10.0 Å². The van der Waals surface area contributed by atoms with Crippen molar-refractivity contribution in [2.75, 3.05) is 12.8 Å². The van der Waals surface area contributed by atoms with Gasteiger partial charge >= 0.3 is 0 Å². The smallest absolute Gasteiger partial charge is 0.243 e. The molecular formula is C13H14Br2N2O2S2. The van der Waals surface area contributed by atoms with Gasteiger partial charge in [0.25, 0.3) is 0 Å². The van der Waals surface area contributed by atoms with E-state index >= 15 is 0 Å². The van der Waals surface area contributed by atoms with E-state index in [4.69, 9.17) is 5.73 Å². The van der Waals surface area contributed by atoms with E-state index in [9.17, 15) is 8.42 Å². The summed E-state index contributed by atoms with van der Waals surface area (Å²) >= 11 is 8.20. The maximum atomic E-state index is 12.7. The number of nitrogens with two attached hydrogens (primary N) is 1. The molecule has 1 aromatic heterocycles. The average molecular weight is 454 g/mol. The van der Waals surface area contributed by atoms with Crippen LogP contribution in [0.15, 0.2) is 36.7 Å². The van der Waals surface area contributed by atoms with Gasteiger partial charge in [-0.1, -0.05) is 15.9 Å². The fourth-order valence-electron chi connectivity index (χ4n) is 1.88. The molecule has 0 unspecified atom stereocenters. The molecule has 0 fully saturated rings. The van der Waals surface area contributed by atoms with Gasteiger partial charge in [0.05, 0.1) is 8.68 Å². The number of anilines is 1. The lowest BCUT2D eigenvalue weighted by molar-refractivity contribution is 0.466. The van der Waals surface area contributed by atoms with E-state index < -0.39 is 10.0 Å². The van der Waals surface area contributed by atoms with Crippen molar-refractivity contribution in [2.45, 2.75) is 18.4 Å². The Labute approximate surface area is 145 Å².